The number of carbonyl (C=O) groups excluding carboxylic acids is 2. The van der Waals surface area contributed by atoms with E-state index >= 15 is 0 Å². The van der Waals surface area contributed by atoms with Crippen LogP contribution >= 0.6 is 0 Å². The summed E-state index contributed by atoms with van der Waals surface area (Å²) in [4.78, 5) is 25.8. The number of anilines is 1. The van der Waals surface area contributed by atoms with Crippen molar-refractivity contribution in [2.45, 2.75) is 6.04 Å². The quantitative estimate of drug-likeness (QED) is 0.712. The van der Waals surface area contributed by atoms with Gasteiger partial charge in [0.05, 0.1) is 11.8 Å². The average Bonchev–Trinajstić information content (AvgIpc) is 3.00. The summed E-state index contributed by atoms with van der Waals surface area (Å²) in [5.74, 6) is -4.59. The summed E-state index contributed by atoms with van der Waals surface area (Å²) >= 11 is 0. The van der Waals surface area contributed by atoms with E-state index in [1.54, 1.807) is 30.3 Å². The molecule has 28 heavy (non-hydrogen) atoms. The number of para-hydroxylation sites is 1. The molecule has 0 saturated carbocycles. The Balaban J connectivity index is 1.79. The third-order valence-electron chi connectivity index (χ3n) is 4.04. The lowest BCUT2D eigenvalue weighted by Crippen LogP contribution is -2.43. The molecule has 1 heterocycles. The van der Waals surface area contributed by atoms with E-state index in [-0.39, 0.29) is 5.75 Å². The maximum Gasteiger partial charge on any atom is 0.344 e. The van der Waals surface area contributed by atoms with Crippen LogP contribution in [0.1, 0.15) is 10.4 Å². The van der Waals surface area contributed by atoms with Crippen LogP contribution in [0.3, 0.4) is 0 Å². The molecule has 1 aliphatic rings. The van der Waals surface area contributed by atoms with Crippen molar-refractivity contribution in [3.8, 4) is 0 Å². The van der Waals surface area contributed by atoms with Crippen LogP contribution in [0.2, 0.25) is 0 Å². The summed E-state index contributed by atoms with van der Waals surface area (Å²) < 4.78 is 55.6. The molecule has 0 aromatic heterocycles. The van der Waals surface area contributed by atoms with E-state index in [4.69, 9.17) is 4.74 Å². The monoisotopic (exact) mass is 407 g/mol. The number of hydrogen-bond donors (Lipinski definition) is 0. The summed E-state index contributed by atoms with van der Waals surface area (Å²) in [7, 11) is -3.45. The highest BCUT2D eigenvalue weighted by atomic mass is 32.2. The van der Waals surface area contributed by atoms with Crippen LogP contribution in [0.4, 0.5) is 14.5 Å². The Kier molecular flexibility index (Phi) is 5.55. The number of hydrogen-bond acceptors (Lipinski definition) is 5. The molecule has 9 heteroatoms. The lowest BCUT2D eigenvalue weighted by atomic mass is 10.2. The molecule has 2 aromatic carbocycles. The van der Waals surface area contributed by atoms with Gasteiger partial charge in [0, 0.05) is 11.1 Å². The highest BCUT2D eigenvalue weighted by molar-refractivity contribution is 7.94. The van der Waals surface area contributed by atoms with Crippen molar-refractivity contribution in [2.75, 3.05) is 17.3 Å². The Bertz CT molecular complexity index is 1020. The topological polar surface area (TPSA) is 80.8 Å². The van der Waals surface area contributed by atoms with E-state index in [0.29, 0.717) is 5.69 Å². The average molecular weight is 407 g/mol. The normalized spacial score (nSPS) is 17.3. The lowest BCUT2D eigenvalue weighted by molar-refractivity contribution is -0.121. The van der Waals surface area contributed by atoms with E-state index in [2.05, 4.69) is 0 Å². The van der Waals surface area contributed by atoms with E-state index in [1.807, 2.05) is 0 Å². The third-order valence-corrected chi connectivity index (χ3v) is 5.42. The van der Waals surface area contributed by atoms with Gasteiger partial charge in [0.15, 0.2) is 16.4 Å². The zero-order valence-corrected chi connectivity index (χ0v) is 15.2. The summed E-state index contributed by atoms with van der Waals surface area (Å²) in [5, 5.41) is 1.02. The van der Waals surface area contributed by atoms with Gasteiger partial charge in [0.1, 0.15) is 17.2 Å². The van der Waals surface area contributed by atoms with Gasteiger partial charge in [-0.3, -0.25) is 4.79 Å². The van der Waals surface area contributed by atoms with Gasteiger partial charge in [0.25, 0.3) is 5.91 Å². The maximum atomic E-state index is 13.7. The van der Waals surface area contributed by atoms with Crippen LogP contribution in [0.5, 0.6) is 0 Å². The molecule has 146 valence electrons. The van der Waals surface area contributed by atoms with Crippen molar-refractivity contribution in [3.63, 3.8) is 0 Å². The number of sulfone groups is 1. The molecule has 1 amide bonds. The first kappa shape index (κ1) is 19.7. The highest BCUT2D eigenvalue weighted by Gasteiger charge is 2.32. The zero-order chi connectivity index (χ0) is 20.3. The molecule has 1 aliphatic heterocycles. The van der Waals surface area contributed by atoms with E-state index in [9.17, 15) is 26.8 Å². The minimum atomic E-state index is -3.45. The minimum Gasteiger partial charge on any atom is -0.452 e. The number of halogens is 2. The van der Waals surface area contributed by atoms with Crippen LogP contribution in [-0.4, -0.2) is 38.7 Å². The molecule has 3 rings (SSSR count). The Labute approximate surface area is 160 Å². The van der Waals surface area contributed by atoms with E-state index < -0.39 is 51.6 Å². The van der Waals surface area contributed by atoms with Gasteiger partial charge in [-0.15, -0.1) is 0 Å². The van der Waals surface area contributed by atoms with E-state index in [1.165, 1.54) is 11.0 Å². The Morgan fingerprint density at radius 3 is 2.25 bits per heavy atom. The van der Waals surface area contributed by atoms with Crippen molar-refractivity contribution in [1.29, 1.82) is 0 Å². The first-order chi connectivity index (χ1) is 13.3. The fourth-order valence-electron chi connectivity index (χ4n) is 2.79. The SMILES string of the molecule is O=C(OCC(=O)N(c1ccccc1)[C@@H]1C=CS(=O)(=O)C1)c1c(F)cccc1F. The molecule has 0 aliphatic carbocycles. The largest absolute Gasteiger partial charge is 0.452 e. The van der Waals surface area contributed by atoms with Gasteiger partial charge in [-0.05, 0) is 30.3 Å². The van der Waals surface area contributed by atoms with Crippen LogP contribution in [0.15, 0.2) is 60.0 Å². The van der Waals surface area contributed by atoms with Crippen molar-refractivity contribution in [1.82, 2.24) is 0 Å². The number of rotatable bonds is 5. The Morgan fingerprint density at radius 2 is 1.68 bits per heavy atom. The number of amides is 1. The first-order valence-electron chi connectivity index (χ1n) is 8.18. The van der Waals surface area contributed by atoms with Crippen molar-refractivity contribution < 1.29 is 31.5 Å². The second-order valence-electron chi connectivity index (χ2n) is 6.00. The second-order valence-corrected chi connectivity index (χ2v) is 7.93. The first-order valence-corrected chi connectivity index (χ1v) is 9.89. The van der Waals surface area contributed by atoms with Crippen LogP contribution < -0.4 is 4.90 Å². The summed E-state index contributed by atoms with van der Waals surface area (Å²) in [6.07, 6.45) is 1.36. The third kappa shape index (κ3) is 4.25. The van der Waals surface area contributed by atoms with Gasteiger partial charge in [-0.1, -0.05) is 24.3 Å². The molecular weight excluding hydrogens is 392 g/mol. The number of benzene rings is 2. The summed E-state index contributed by atoms with van der Waals surface area (Å²) in [5.41, 5.74) is -0.503. The molecule has 2 aromatic rings. The predicted octanol–water partition coefficient (Wildman–Crippen LogP) is 2.47. The molecule has 0 N–H and O–H groups in total. The van der Waals surface area contributed by atoms with Crippen LogP contribution in [-0.2, 0) is 19.4 Å². The lowest BCUT2D eigenvalue weighted by Gasteiger charge is -2.27. The van der Waals surface area contributed by atoms with Crippen LogP contribution in [0.25, 0.3) is 0 Å². The molecule has 0 unspecified atom stereocenters. The fourth-order valence-corrected chi connectivity index (χ4v) is 4.06. The molecule has 0 bridgehead atoms. The highest BCUT2D eigenvalue weighted by Crippen LogP contribution is 2.23. The Morgan fingerprint density at radius 1 is 1.04 bits per heavy atom. The van der Waals surface area contributed by atoms with Gasteiger partial charge in [0.2, 0.25) is 0 Å². The maximum absolute atomic E-state index is 13.7. The van der Waals surface area contributed by atoms with Gasteiger partial charge >= 0.3 is 5.97 Å². The molecule has 0 saturated heterocycles. The molecule has 6 nitrogen and oxygen atoms in total. The number of carbonyl (C=O) groups is 2. The minimum absolute atomic E-state index is 0.316. The standard InChI is InChI=1S/C19H15F2NO5S/c20-15-7-4-8-16(21)18(15)19(24)27-11-17(23)22(13-5-2-1-3-6-13)14-9-10-28(25,26)12-14/h1-10,14H,11-12H2/t14-/m1/s1. The number of ether oxygens (including phenoxy) is 1. The van der Waals surface area contributed by atoms with Gasteiger partial charge in [-0.25, -0.2) is 22.0 Å². The number of nitrogens with zero attached hydrogens (tertiary/aromatic N) is 1. The fraction of sp³-hybridized carbons (Fsp3) is 0.158. The van der Waals surface area contributed by atoms with E-state index in [0.717, 1.165) is 23.6 Å². The van der Waals surface area contributed by atoms with Crippen molar-refractivity contribution in [3.05, 3.63) is 77.2 Å². The van der Waals surface area contributed by atoms with Gasteiger partial charge in [-0.2, -0.15) is 0 Å². The van der Waals surface area contributed by atoms with Crippen molar-refractivity contribution in [2.24, 2.45) is 0 Å². The number of esters is 1. The zero-order valence-electron chi connectivity index (χ0n) is 14.4. The Hall–Kier alpha value is -3.07. The molecule has 0 spiro atoms. The molecule has 0 fully saturated rings. The predicted molar refractivity (Wildman–Crippen MR) is 97.3 cm³/mol. The van der Waals surface area contributed by atoms with Crippen LogP contribution in [0, 0.1) is 11.6 Å². The van der Waals surface area contributed by atoms with Crippen molar-refractivity contribution >= 4 is 27.4 Å². The van der Waals surface area contributed by atoms with Gasteiger partial charge < -0.3 is 9.64 Å². The molecule has 1 atom stereocenters. The summed E-state index contributed by atoms with van der Waals surface area (Å²) in [6, 6.07) is 10.3. The smallest absolute Gasteiger partial charge is 0.344 e. The molecular formula is C19H15F2NO5S. The molecule has 0 radical (unpaired) electrons. The summed E-state index contributed by atoms with van der Waals surface area (Å²) in [6.45, 7) is -0.814. The second kappa shape index (κ2) is 7.89.